The molecule has 0 saturated heterocycles. The molecular weight excluding hydrogens is 580 g/mol. The Kier molecular flexibility index (Phi) is 6.93. The number of benzene rings is 3. The van der Waals surface area contributed by atoms with Crippen molar-refractivity contribution in [3.05, 3.63) is 138 Å². The van der Waals surface area contributed by atoms with E-state index in [1.807, 2.05) is 67.0 Å². The van der Waals surface area contributed by atoms with E-state index in [1.54, 1.807) is 63.1 Å². The van der Waals surface area contributed by atoms with Crippen LogP contribution in [0.4, 0.5) is 0 Å². The molecule has 0 saturated carbocycles. The highest BCUT2D eigenvalue weighted by Crippen LogP contribution is 2.31. The second-order valence-electron chi connectivity index (χ2n) is 9.85. The molecule has 13 heteroatoms. The van der Waals surface area contributed by atoms with Crippen molar-refractivity contribution >= 4 is 17.6 Å². The Hall–Kier alpha value is -6.01. The Labute approximate surface area is 254 Å². The van der Waals surface area contributed by atoms with E-state index in [4.69, 9.17) is 16.6 Å². The number of nitrogens with zero attached hydrogens (tertiary/aromatic N) is 9. The van der Waals surface area contributed by atoms with Gasteiger partial charge in [-0.1, -0.05) is 58.4 Å². The summed E-state index contributed by atoms with van der Waals surface area (Å²) in [5.41, 5.74) is 6.52. The second kappa shape index (κ2) is 11.3. The first-order chi connectivity index (χ1) is 21.5. The van der Waals surface area contributed by atoms with E-state index in [-0.39, 0.29) is 5.56 Å². The second-order valence-corrected chi connectivity index (χ2v) is 10.3. The van der Waals surface area contributed by atoms with Gasteiger partial charge in [0.1, 0.15) is 22.5 Å². The van der Waals surface area contributed by atoms with Gasteiger partial charge in [0.05, 0.1) is 29.3 Å². The zero-order valence-corrected chi connectivity index (χ0v) is 23.6. The summed E-state index contributed by atoms with van der Waals surface area (Å²) in [4.78, 5) is 16.2. The van der Waals surface area contributed by atoms with E-state index in [0.717, 1.165) is 33.6 Å². The zero-order chi connectivity index (χ0) is 30.0. The van der Waals surface area contributed by atoms with Gasteiger partial charge in [-0.15, -0.1) is 9.78 Å². The number of aromatic nitrogens is 10. The minimum Gasteiger partial charge on any atom is -0.478 e. The third-order valence-electron chi connectivity index (χ3n) is 7.12. The monoisotopic (exact) mass is 601 g/mol. The molecule has 0 aliphatic heterocycles. The van der Waals surface area contributed by atoms with E-state index in [1.165, 1.54) is 0 Å². The zero-order valence-electron chi connectivity index (χ0n) is 22.8. The van der Waals surface area contributed by atoms with Crippen LogP contribution < -0.4 is 4.68 Å². The number of rotatable bonds is 8. The summed E-state index contributed by atoms with van der Waals surface area (Å²) in [7, 11) is 0. The Morgan fingerprint density at radius 1 is 0.886 bits per heavy atom. The topological polar surface area (TPSA) is 144 Å². The number of carboxylic acids is 1. The molecule has 0 aliphatic rings. The number of hydrogen-bond acceptors (Lipinski definition) is 7. The molecule has 7 rings (SSSR count). The van der Waals surface area contributed by atoms with Gasteiger partial charge >= 0.3 is 5.97 Å². The minimum atomic E-state index is -0.979. The predicted molar refractivity (Wildman–Crippen MR) is 159 cm³/mol. The predicted octanol–water partition coefficient (Wildman–Crippen LogP) is 4.58. The highest BCUT2D eigenvalue weighted by atomic mass is 35.5. The summed E-state index contributed by atoms with van der Waals surface area (Å²) in [5, 5.41) is 33.9. The standard InChI is InChI=1S/C31H21ClN10O2/c32-24-11-13-29(42-19-34-37-39-42)26(14-24)22-10-12-27(33-15-22)30(28-18-40(38-36-28)25-4-2-1-3-5-25)41-17-23(16-35-41)20-6-8-21(9-7-20)31(43)44/h1-19,30H,(H,43,44)/p+1. The van der Waals surface area contributed by atoms with Gasteiger partial charge in [-0.25, -0.2) is 9.48 Å². The molecule has 44 heavy (non-hydrogen) atoms. The number of aromatic amines is 1. The van der Waals surface area contributed by atoms with Gasteiger partial charge in [-0.3, -0.25) is 9.67 Å². The lowest BCUT2D eigenvalue weighted by Crippen LogP contribution is -2.32. The molecule has 214 valence electrons. The first-order valence-corrected chi connectivity index (χ1v) is 13.8. The number of aromatic carboxylic acids is 1. The molecule has 1 atom stereocenters. The van der Waals surface area contributed by atoms with Crippen LogP contribution in [-0.2, 0) is 0 Å². The smallest absolute Gasteiger partial charge is 0.335 e. The number of nitrogens with one attached hydrogen (secondary N) is 1. The van der Waals surface area contributed by atoms with Crippen molar-refractivity contribution in [2.24, 2.45) is 0 Å². The molecule has 4 aromatic heterocycles. The first-order valence-electron chi connectivity index (χ1n) is 13.4. The molecule has 0 fully saturated rings. The SMILES string of the molecule is O=C(O)c1ccc(-c2cnn(C(c3ccc(-c4cc(Cl)ccc4-[n+]4cnn[nH]4)cn3)c3cn(-c4ccccc4)nn3)c2)cc1. The van der Waals surface area contributed by atoms with Crippen LogP contribution in [-0.4, -0.2) is 56.4 Å². The van der Waals surface area contributed by atoms with Crippen LogP contribution in [0.15, 0.2) is 116 Å². The van der Waals surface area contributed by atoms with E-state index < -0.39 is 12.0 Å². The molecule has 3 aromatic carbocycles. The molecule has 0 amide bonds. The number of H-pyrrole nitrogens is 1. The van der Waals surface area contributed by atoms with E-state index >= 15 is 0 Å². The van der Waals surface area contributed by atoms with Crippen LogP contribution in [0.3, 0.4) is 0 Å². The van der Waals surface area contributed by atoms with Crippen LogP contribution in [0.25, 0.3) is 33.6 Å². The van der Waals surface area contributed by atoms with E-state index in [2.05, 4.69) is 30.9 Å². The van der Waals surface area contributed by atoms with Crippen molar-refractivity contribution in [3.63, 3.8) is 0 Å². The van der Waals surface area contributed by atoms with Crippen LogP contribution in [0.1, 0.15) is 27.8 Å². The number of pyridine rings is 1. The van der Waals surface area contributed by atoms with Crippen molar-refractivity contribution in [2.45, 2.75) is 6.04 Å². The fourth-order valence-corrected chi connectivity index (χ4v) is 5.11. The summed E-state index contributed by atoms with van der Waals surface area (Å²) in [5.74, 6) is -0.979. The van der Waals surface area contributed by atoms with Crippen molar-refractivity contribution in [1.82, 2.24) is 45.3 Å². The quantitative estimate of drug-likeness (QED) is 0.241. The molecule has 4 heterocycles. The average molecular weight is 602 g/mol. The van der Waals surface area contributed by atoms with Crippen LogP contribution in [0.5, 0.6) is 0 Å². The molecule has 7 aromatic rings. The van der Waals surface area contributed by atoms with Crippen LogP contribution >= 0.6 is 11.6 Å². The van der Waals surface area contributed by atoms with Gasteiger partial charge in [-0.05, 0) is 54.1 Å². The number of para-hydroxylation sites is 1. The van der Waals surface area contributed by atoms with E-state index in [0.29, 0.717) is 16.4 Å². The van der Waals surface area contributed by atoms with Gasteiger partial charge in [0, 0.05) is 34.1 Å². The number of carbonyl (C=O) groups is 1. The van der Waals surface area contributed by atoms with Gasteiger partial charge in [-0.2, -0.15) is 5.10 Å². The Morgan fingerprint density at radius 2 is 1.70 bits per heavy atom. The fourth-order valence-electron chi connectivity index (χ4n) is 4.93. The molecule has 12 nitrogen and oxygen atoms in total. The summed E-state index contributed by atoms with van der Waals surface area (Å²) in [6, 6.07) is 25.3. The van der Waals surface area contributed by atoms with Crippen LogP contribution in [0.2, 0.25) is 5.02 Å². The minimum absolute atomic E-state index is 0.214. The lowest BCUT2D eigenvalue weighted by Gasteiger charge is -2.15. The maximum atomic E-state index is 11.3. The van der Waals surface area contributed by atoms with Crippen molar-refractivity contribution in [2.75, 3.05) is 0 Å². The van der Waals surface area contributed by atoms with Gasteiger partial charge in [0.2, 0.25) is 0 Å². The van der Waals surface area contributed by atoms with Crippen molar-refractivity contribution in [3.8, 4) is 33.6 Å². The third kappa shape index (κ3) is 5.21. The molecule has 1 unspecified atom stereocenters. The molecule has 2 N–H and O–H groups in total. The molecule has 0 bridgehead atoms. The summed E-state index contributed by atoms with van der Waals surface area (Å²) in [6.07, 6.45) is 8.82. The number of carboxylic acid groups (broad SMARTS) is 1. The fraction of sp³-hybridized carbons (Fsp3) is 0.0323. The molecule has 0 spiro atoms. The van der Waals surface area contributed by atoms with Crippen molar-refractivity contribution < 1.29 is 14.6 Å². The Balaban J connectivity index is 1.29. The lowest BCUT2D eigenvalue weighted by atomic mass is 10.0. The largest absolute Gasteiger partial charge is 0.478 e. The summed E-state index contributed by atoms with van der Waals surface area (Å²) in [6.45, 7) is 0. The lowest BCUT2D eigenvalue weighted by molar-refractivity contribution is -0.659. The number of tetrazole rings is 1. The highest BCUT2D eigenvalue weighted by Gasteiger charge is 2.24. The normalized spacial score (nSPS) is 11.8. The Morgan fingerprint density at radius 3 is 2.43 bits per heavy atom. The van der Waals surface area contributed by atoms with Gasteiger partial charge in [0.15, 0.2) is 5.21 Å². The Bertz CT molecular complexity index is 2060. The van der Waals surface area contributed by atoms with E-state index in [9.17, 15) is 9.90 Å². The first kappa shape index (κ1) is 26.9. The van der Waals surface area contributed by atoms with Crippen molar-refractivity contribution in [1.29, 1.82) is 0 Å². The average Bonchev–Trinajstić information content (AvgIpc) is 3.86. The maximum absolute atomic E-state index is 11.3. The summed E-state index contributed by atoms with van der Waals surface area (Å²) < 4.78 is 5.18. The van der Waals surface area contributed by atoms with Gasteiger partial charge in [0.25, 0.3) is 6.33 Å². The third-order valence-corrected chi connectivity index (χ3v) is 7.35. The maximum Gasteiger partial charge on any atom is 0.335 e. The molecular formula is C31H22ClN10O2+. The number of hydrogen-bond donors (Lipinski definition) is 2. The molecule has 0 radical (unpaired) electrons. The summed E-state index contributed by atoms with van der Waals surface area (Å²) >= 11 is 6.37. The molecule has 0 aliphatic carbocycles. The highest BCUT2D eigenvalue weighted by molar-refractivity contribution is 6.31. The van der Waals surface area contributed by atoms with Crippen LogP contribution in [0, 0.1) is 0 Å². The number of halogens is 1. The van der Waals surface area contributed by atoms with Gasteiger partial charge < -0.3 is 5.11 Å².